The minimum Gasteiger partial charge on any atom is -0.497 e. The molecule has 0 saturated carbocycles. The van der Waals surface area contributed by atoms with Gasteiger partial charge in [0.15, 0.2) is 6.61 Å². The first kappa shape index (κ1) is 18.7. The van der Waals surface area contributed by atoms with Gasteiger partial charge in [-0.3, -0.25) is 4.79 Å². The Bertz CT molecular complexity index is 802. The highest BCUT2D eigenvalue weighted by Gasteiger charge is 2.08. The van der Waals surface area contributed by atoms with Crippen molar-refractivity contribution in [1.82, 2.24) is 0 Å². The number of amides is 1. The number of rotatable bonds is 6. The van der Waals surface area contributed by atoms with E-state index in [4.69, 9.17) is 9.47 Å². The first-order valence-electron chi connectivity index (χ1n) is 7.53. The highest BCUT2D eigenvalue weighted by Crippen LogP contribution is 2.23. The van der Waals surface area contributed by atoms with Crippen molar-refractivity contribution in [2.24, 2.45) is 0 Å². The molecular formula is C19H18BrNO4. The molecule has 25 heavy (non-hydrogen) atoms. The zero-order chi connectivity index (χ0) is 18.2. The number of nitrogens with one attached hydrogen (secondary N) is 1. The largest absolute Gasteiger partial charge is 0.497 e. The topological polar surface area (TPSA) is 64.6 Å². The Kier molecular flexibility index (Phi) is 6.77. The smallest absolute Gasteiger partial charge is 0.331 e. The van der Waals surface area contributed by atoms with Crippen LogP contribution in [0.4, 0.5) is 5.69 Å². The average Bonchev–Trinajstić information content (AvgIpc) is 2.60. The van der Waals surface area contributed by atoms with Gasteiger partial charge in [-0.15, -0.1) is 0 Å². The highest BCUT2D eigenvalue weighted by atomic mass is 79.9. The summed E-state index contributed by atoms with van der Waals surface area (Å²) in [7, 11) is 1.57. The second kappa shape index (κ2) is 9.03. The molecule has 0 atom stereocenters. The molecule has 0 saturated heterocycles. The number of hydrogen-bond donors (Lipinski definition) is 1. The quantitative estimate of drug-likeness (QED) is 0.585. The van der Waals surface area contributed by atoms with Crippen molar-refractivity contribution >= 4 is 39.6 Å². The third-order valence-corrected chi connectivity index (χ3v) is 3.91. The zero-order valence-corrected chi connectivity index (χ0v) is 15.5. The van der Waals surface area contributed by atoms with Crippen molar-refractivity contribution in [2.75, 3.05) is 19.0 Å². The van der Waals surface area contributed by atoms with Crippen LogP contribution in [0.5, 0.6) is 5.75 Å². The van der Waals surface area contributed by atoms with Gasteiger partial charge < -0.3 is 14.8 Å². The van der Waals surface area contributed by atoms with E-state index < -0.39 is 11.9 Å². The summed E-state index contributed by atoms with van der Waals surface area (Å²) in [6, 6.07) is 12.8. The monoisotopic (exact) mass is 403 g/mol. The molecule has 0 heterocycles. The van der Waals surface area contributed by atoms with E-state index in [1.165, 1.54) is 6.08 Å². The molecule has 0 aliphatic carbocycles. The molecule has 0 fully saturated rings. The van der Waals surface area contributed by atoms with Crippen molar-refractivity contribution in [1.29, 1.82) is 0 Å². The zero-order valence-electron chi connectivity index (χ0n) is 13.9. The maximum absolute atomic E-state index is 11.9. The molecule has 0 bridgehead atoms. The van der Waals surface area contributed by atoms with Gasteiger partial charge in [-0.05, 0) is 64.3 Å². The van der Waals surface area contributed by atoms with Crippen LogP contribution in [-0.2, 0) is 14.3 Å². The molecule has 2 aromatic carbocycles. The van der Waals surface area contributed by atoms with E-state index >= 15 is 0 Å². The summed E-state index contributed by atoms with van der Waals surface area (Å²) in [6.45, 7) is 1.59. The fourth-order valence-corrected chi connectivity index (χ4v) is 2.59. The van der Waals surface area contributed by atoms with Crippen molar-refractivity contribution in [3.05, 3.63) is 64.1 Å². The van der Waals surface area contributed by atoms with E-state index in [-0.39, 0.29) is 6.61 Å². The lowest BCUT2D eigenvalue weighted by Gasteiger charge is -2.08. The second-order valence-corrected chi connectivity index (χ2v) is 6.10. The maximum atomic E-state index is 11.9. The van der Waals surface area contributed by atoms with E-state index in [1.54, 1.807) is 25.3 Å². The fourth-order valence-electron chi connectivity index (χ4n) is 2.00. The minimum absolute atomic E-state index is 0.360. The molecule has 5 nitrogen and oxygen atoms in total. The Morgan fingerprint density at radius 2 is 2.00 bits per heavy atom. The highest BCUT2D eigenvalue weighted by molar-refractivity contribution is 9.10. The molecule has 0 aliphatic rings. The maximum Gasteiger partial charge on any atom is 0.331 e. The Morgan fingerprint density at radius 1 is 1.20 bits per heavy atom. The Labute approximate surface area is 154 Å². The standard InChI is InChI=1S/C19H18BrNO4/c1-13-6-8-17(16(20)10-13)21-18(22)12-25-19(23)9-7-14-4-3-5-15(11-14)24-2/h3-11H,12H2,1-2H3,(H,21,22). The number of methoxy groups -OCH3 is 1. The molecule has 1 amide bonds. The number of hydrogen-bond acceptors (Lipinski definition) is 4. The van der Waals surface area contributed by atoms with Gasteiger partial charge in [0.1, 0.15) is 5.75 Å². The van der Waals surface area contributed by atoms with Crippen LogP contribution in [0.2, 0.25) is 0 Å². The number of carbonyl (C=O) groups is 2. The SMILES string of the molecule is COc1cccc(C=CC(=O)OCC(=O)Nc2ccc(C)cc2Br)c1. The van der Waals surface area contributed by atoms with Crippen LogP contribution in [0, 0.1) is 6.92 Å². The summed E-state index contributed by atoms with van der Waals surface area (Å²) in [5, 5.41) is 2.68. The van der Waals surface area contributed by atoms with Gasteiger partial charge in [-0.1, -0.05) is 18.2 Å². The van der Waals surface area contributed by atoms with Gasteiger partial charge in [0.2, 0.25) is 0 Å². The number of halogens is 1. The predicted molar refractivity (Wildman–Crippen MR) is 100 cm³/mol. The van der Waals surface area contributed by atoms with Crippen LogP contribution in [0.3, 0.4) is 0 Å². The number of aryl methyl sites for hydroxylation is 1. The lowest BCUT2D eigenvalue weighted by molar-refractivity contribution is -0.142. The first-order chi connectivity index (χ1) is 12.0. The third kappa shape index (κ3) is 6.08. The van der Waals surface area contributed by atoms with E-state index in [0.29, 0.717) is 11.4 Å². The van der Waals surface area contributed by atoms with Crippen LogP contribution in [-0.4, -0.2) is 25.6 Å². The molecule has 0 aromatic heterocycles. The summed E-state index contributed by atoms with van der Waals surface area (Å²) in [5.41, 5.74) is 2.49. The van der Waals surface area contributed by atoms with Crippen molar-refractivity contribution in [2.45, 2.75) is 6.92 Å². The van der Waals surface area contributed by atoms with E-state index in [9.17, 15) is 9.59 Å². The van der Waals surface area contributed by atoms with Crippen LogP contribution in [0.1, 0.15) is 11.1 Å². The van der Waals surface area contributed by atoms with Gasteiger partial charge in [0.25, 0.3) is 5.91 Å². The van der Waals surface area contributed by atoms with Gasteiger partial charge in [0.05, 0.1) is 12.8 Å². The number of anilines is 1. The minimum atomic E-state index is -0.596. The molecule has 6 heteroatoms. The average molecular weight is 404 g/mol. The second-order valence-electron chi connectivity index (χ2n) is 5.25. The Balaban J connectivity index is 1.84. The molecule has 2 aromatic rings. The Hall–Kier alpha value is -2.60. The molecule has 0 radical (unpaired) electrons. The fraction of sp³-hybridized carbons (Fsp3) is 0.158. The van der Waals surface area contributed by atoms with Crippen molar-refractivity contribution < 1.29 is 19.1 Å². The van der Waals surface area contributed by atoms with Crippen molar-refractivity contribution in [3.8, 4) is 5.75 Å². The van der Waals surface area contributed by atoms with Crippen LogP contribution in [0.25, 0.3) is 6.08 Å². The lowest BCUT2D eigenvalue weighted by Crippen LogP contribution is -2.20. The third-order valence-electron chi connectivity index (χ3n) is 3.25. The van der Waals surface area contributed by atoms with Gasteiger partial charge in [-0.25, -0.2) is 4.79 Å². The number of ether oxygens (including phenoxy) is 2. The van der Waals surface area contributed by atoms with Crippen LogP contribution in [0.15, 0.2) is 53.0 Å². The van der Waals surface area contributed by atoms with Gasteiger partial charge in [0, 0.05) is 10.5 Å². The van der Waals surface area contributed by atoms with Gasteiger partial charge in [-0.2, -0.15) is 0 Å². The molecular weight excluding hydrogens is 386 g/mol. The van der Waals surface area contributed by atoms with Crippen LogP contribution >= 0.6 is 15.9 Å². The normalized spacial score (nSPS) is 10.5. The molecule has 0 aliphatic heterocycles. The summed E-state index contributed by atoms with van der Waals surface area (Å²) in [5.74, 6) is -0.313. The summed E-state index contributed by atoms with van der Waals surface area (Å²) in [6.07, 6.45) is 2.86. The summed E-state index contributed by atoms with van der Waals surface area (Å²) in [4.78, 5) is 23.6. The summed E-state index contributed by atoms with van der Waals surface area (Å²) >= 11 is 3.37. The van der Waals surface area contributed by atoms with Gasteiger partial charge >= 0.3 is 5.97 Å². The Morgan fingerprint density at radius 3 is 2.72 bits per heavy atom. The molecule has 2 rings (SSSR count). The van der Waals surface area contributed by atoms with E-state index in [0.717, 1.165) is 15.6 Å². The predicted octanol–water partition coefficient (Wildman–Crippen LogP) is 3.96. The summed E-state index contributed by atoms with van der Waals surface area (Å²) < 4.78 is 10.8. The number of carbonyl (C=O) groups excluding carboxylic acids is 2. The molecule has 0 spiro atoms. The molecule has 1 N–H and O–H groups in total. The van der Waals surface area contributed by atoms with Crippen molar-refractivity contribution in [3.63, 3.8) is 0 Å². The first-order valence-corrected chi connectivity index (χ1v) is 8.32. The van der Waals surface area contributed by atoms with E-state index in [2.05, 4.69) is 21.2 Å². The molecule has 130 valence electrons. The van der Waals surface area contributed by atoms with Crippen LogP contribution < -0.4 is 10.1 Å². The number of esters is 1. The van der Waals surface area contributed by atoms with E-state index in [1.807, 2.05) is 37.3 Å². The lowest BCUT2D eigenvalue weighted by atomic mass is 10.2. The molecule has 0 unspecified atom stereocenters. The number of benzene rings is 2.